The minimum absolute atomic E-state index is 0.750. The van der Waals surface area contributed by atoms with Gasteiger partial charge in [0.05, 0.1) is 0 Å². The Hall–Kier alpha value is -2.53. The number of aliphatic hydroxyl groups is 1. The number of fused-ring (bicyclic) bond motifs is 2. The number of benzene rings is 3. The van der Waals surface area contributed by atoms with Crippen LogP contribution in [0.3, 0.4) is 0 Å². The van der Waals surface area contributed by atoms with Crippen LogP contribution in [-0.4, -0.2) is 5.11 Å². The molecule has 0 bridgehead atoms. The first-order valence-corrected chi connectivity index (χ1v) is 5.26. The van der Waals surface area contributed by atoms with E-state index in [4.69, 9.17) is 10.4 Å². The van der Waals surface area contributed by atoms with Crippen molar-refractivity contribution >= 4 is 21.5 Å². The smallest absolute Gasteiger partial charge is 0.283 e. The van der Waals surface area contributed by atoms with Gasteiger partial charge in [0.1, 0.15) is 0 Å². The SMILES string of the molecule is N#CO.c1ccc2cc3ccccc3cc2c1. The Morgan fingerprint density at radius 1 is 0.706 bits per heavy atom. The standard InChI is InChI=1S/C14H10.CHNO/c1-2-6-12-10-14-8-4-3-7-13(14)9-11(12)5-1;2-1-3/h1-10H;3H. The molecule has 0 spiro atoms. The van der Waals surface area contributed by atoms with Crippen molar-refractivity contribution < 1.29 is 5.11 Å². The molecular formula is C15H11NO. The molecule has 0 fully saturated rings. The number of hydrogen-bond donors (Lipinski definition) is 1. The van der Waals surface area contributed by atoms with Gasteiger partial charge in [-0.1, -0.05) is 48.5 Å². The molecule has 0 saturated carbocycles. The summed E-state index contributed by atoms with van der Waals surface area (Å²) < 4.78 is 0. The molecule has 0 atom stereocenters. The molecule has 0 amide bonds. The molecule has 0 aromatic heterocycles. The molecule has 0 heterocycles. The minimum atomic E-state index is 0.750. The lowest BCUT2D eigenvalue weighted by atomic mass is 10.0. The highest BCUT2D eigenvalue weighted by Gasteiger charge is 1.95. The molecule has 2 nitrogen and oxygen atoms in total. The molecular weight excluding hydrogens is 210 g/mol. The zero-order valence-corrected chi connectivity index (χ0v) is 9.17. The Bertz CT molecular complexity index is 578. The van der Waals surface area contributed by atoms with E-state index < -0.39 is 0 Å². The van der Waals surface area contributed by atoms with Crippen LogP contribution in [0.5, 0.6) is 0 Å². The first kappa shape index (κ1) is 11.0. The fourth-order valence-corrected chi connectivity index (χ4v) is 1.88. The van der Waals surface area contributed by atoms with Crippen LogP contribution in [0.1, 0.15) is 0 Å². The molecule has 0 saturated heterocycles. The monoisotopic (exact) mass is 221 g/mol. The molecule has 1 N–H and O–H groups in total. The second-order valence-electron chi connectivity index (χ2n) is 3.65. The van der Waals surface area contributed by atoms with Crippen molar-refractivity contribution in [2.75, 3.05) is 0 Å². The van der Waals surface area contributed by atoms with E-state index in [-0.39, 0.29) is 0 Å². The number of nitrogens with zero attached hydrogens (tertiary/aromatic N) is 1. The number of aliphatic hydroxyl groups excluding tert-OH is 1. The Kier molecular flexibility index (Phi) is 3.23. The Labute approximate surface area is 99.4 Å². The summed E-state index contributed by atoms with van der Waals surface area (Å²) in [6.45, 7) is 0. The predicted molar refractivity (Wildman–Crippen MR) is 69.0 cm³/mol. The number of nitriles is 1. The van der Waals surface area contributed by atoms with Crippen molar-refractivity contribution in [3.8, 4) is 6.26 Å². The molecule has 17 heavy (non-hydrogen) atoms. The third-order valence-electron chi connectivity index (χ3n) is 2.61. The highest BCUT2D eigenvalue weighted by molar-refractivity contribution is 5.97. The summed E-state index contributed by atoms with van der Waals surface area (Å²) in [5.41, 5.74) is 0. The van der Waals surface area contributed by atoms with E-state index in [0.29, 0.717) is 0 Å². The van der Waals surface area contributed by atoms with E-state index in [0.717, 1.165) is 6.26 Å². The van der Waals surface area contributed by atoms with E-state index in [1.165, 1.54) is 21.5 Å². The van der Waals surface area contributed by atoms with Gasteiger partial charge in [-0.25, -0.2) is 0 Å². The van der Waals surface area contributed by atoms with Gasteiger partial charge in [0.15, 0.2) is 0 Å². The largest absolute Gasteiger partial charge is 0.443 e. The number of rotatable bonds is 0. The maximum atomic E-state index is 6.88. The normalized spacial score (nSPS) is 9.35. The van der Waals surface area contributed by atoms with Crippen LogP contribution in [0, 0.1) is 11.5 Å². The molecule has 3 rings (SSSR count). The zero-order valence-electron chi connectivity index (χ0n) is 9.17. The van der Waals surface area contributed by atoms with Crippen LogP contribution in [0.4, 0.5) is 0 Å². The van der Waals surface area contributed by atoms with Crippen LogP contribution in [0.15, 0.2) is 60.7 Å². The summed E-state index contributed by atoms with van der Waals surface area (Å²) >= 11 is 0. The fraction of sp³-hybridized carbons (Fsp3) is 0. The van der Waals surface area contributed by atoms with Gasteiger partial charge in [0.25, 0.3) is 6.26 Å². The average molecular weight is 221 g/mol. The highest BCUT2D eigenvalue weighted by atomic mass is 16.2. The van der Waals surface area contributed by atoms with Crippen LogP contribution in [0.2, 0.25) is 0 Å². The Morgan fingerprint density at radius 2 is 0.941 bits per heavy atom. The van der Waals surface area contributed by atoms with Gasteiger partial charge in [-0.05, 0) is 33.7 Å². The van der Waals surface area contributed by atoms with Gasteiger partial charge in [-0.3, -0.25) is 0 Å². The summed E-state index contributed by atoms with van der Waals surface area (Å²) in [5, 5.41) is 19.0. The molecule has 0 aliphatic carbocycles. The molecule has 2 heteroatoms. The van der Waals surface area contributed by atoms with Gasteiger partial charge in [0.2, 0.25) is 0 Å². The van der Waals surface area contributed by atoms with E-state index in [1.54, 1.807) is 0 Å². The highest BCUT2D eigenvalue weighted by Crippen LogP contribution is 2.21. The summed E-state index contributed by atoms with van der Waals surface area (Å²) in [4.78, 5) is 0. The third-order valence-corrected chi connectivity index (χ3v) is 2.61. The van der Waals surface area contributed by atoms with Crippen molar-refractivity contribution in [2.45, 2.75) is 0 Å². The van der Waals surface area contributed by atoms with Crippen LogP contribution < -0.4 is 0 Å². The van der Waals surface area contributed by atoms with Crippen LogP contribution in [-0.2, 0) is 0 Å². The summed E-state index contributed by atoms with van der Waals surface area (Å²) in [6.07, 6.45) is 0.750. The van der Waals surface area contributed by atoms with Crippen molar-refractivity contribution in [3.63, 3.8) is 0 Å². The van der Waals surface area contributed by atoms with Gasteiger partial charge in [0, 0.05) is 0 Å². The van der Waals surface area contributed by atoms with Crippen molar-refractivity contribution in [1.82, 2.24) is 0 Å². The summed E-state index contributed by atoms with van der Waals surface area (Å²) in [5.74, 6) is 0. The van der Waals surface area contributed by atoms with E-state index in [1.807, 2.05) is 0 Å². The lowest BCUT2D eigenvalue weighted by Crippen LogP contribution is -1.74. The quantitative estimate of drug-likeness (QED) is 0.463. The maximum absolute atomic E-state index is 6.88. The van der Waals surface area contributed by atoms with E-state index in [2.05, 4.69) is 60.7 Å². The van der Waals surface area contributed by atoms with Crippen LogP contribution in [0.25, 0.3) is 21.5 Å². The van der Waals surface area contributed by atoms with E-state index in [9.17, 15) is 0 Å². The van der Waals surface area contributed by atoms with Crippen LogP contribution >= 0.6 is 0 Å². The molecule has 0 aliphatic rings. The molecule has 3 aromatic carbocycles. The summed E-state index contributed by atoms with van der Waals surface area (Å²) in [7, 11) is 0. The minimum Gasteiger partial charge on any atom is -0.443 e. The lowest BCUT2D eigenvalue weighted by Gasteiger charge is -2.00. The first-order chi connectivity index (χ1) is 8.35. The lowest BCUT2D eigenvalue weighted by molar-refractivity contribution is 0.503. The van der Waals surface area contributed by atoms with Gasteiger partial charge in [-0.2, -0.15) is 5.26 Å². The third kappa shape index (κ3) is 2.35. The topological polar surface area (TPSA) is 44.0 Å². The van der Waals surface area contributed by atoms with Gasteiger partial charge >= 0.3 is 0 Å². The maximum Gasteiger partial charge on any atom is 0.283 e. The molecule has 0 unspecified atom stereocenters. The second-order valence-corrected chi connectivity index (χ2v) is 3.65. The number of hydrogen-bond acceptors (Lipinski definition) is 2. The van der Waals surface area contributed by atoms with Crippen molar-refractivity contribution in [3.05, 3.63) is 60.7 Å². The second kappa shape index (κ2) is 5.00. The van der Waals surface area contributed by atoms with E-state index >= 15 is 0 Å². The molecule has 0 radical (unpaired) electrons. The predicted octanol–water partition coefficient (Wildman–Crippen LogP) is 3.83. The van der Waals surface area contributed by atoms with Crippen molar-refractivity contribution in [2.24, 2.45) is 0 Å². The molecule has 0 aliphatic heterocycles. The molecule has 82 valence electrons. The average Bonchev–Trinajstić information content (AvgIpc) is 2.37. The Morgan fingerprint density at radius 3 is 1.18 bits per heavy atom. The van der Waals surface area contributed by atoms with Gasteiger partial charge < -0.3 is 5.11 Å². The van der Waals surface area contributed by atoms with Crippen molar-refractivity contribution in [1.29, 1.82) is 5.26 Å². The fourth-order valence-electron chi connectivity index (χ4n) is 1.88. The molecule has 3 aromatic rings. The summed E-state index contributed by atoms with van der Waals surface area (Å²) in [6, 6.07) is 21.4. The Balaban J connectivity index is 0.000000329. The first-order valence-electron chi connectivity index (χ1n) is 5.26. The zero-order chi connectivity index (χ0) is 12.1. The van der Waals surface area contributed by atoms with Gasteiger partial charge in [-0.15, -0.1) is 0 Å².